The van der Waals surface area contributed by atoms with Crippen LogP contribution in [0, 0.1) is 0 Å². The number of hydrogen-bond donors (Lipinski definition) is 1. The Morgan fingerprint density at radius 3 is 2.40 bits per heavy atom. The summed E-state index contributed by atoms with van der Waals surface area (Å²) in [5.41, 5.74) is 2.12. The molecule has 0 amide bonds. The van der Waals surface area contributed by atoms with Crippen LogP contribution in [0.1, 0.15) is 29.0 Å². The summed E-state index contributed by atoms with van der Waals surface area (Å²) < 4.78 is 12.4. The summed E-state index contributed by atoms with van der Waals surface area (Å²) in [6.07, 6.45) is 0. The van der Waals surface area contributed by atoms with Crippen molar-refractivity contribution in [1.29, 1.82) is 0 Å². The van der Waals surface area contributed by atoms with Crippen LogP contribution in [0.15, 0.2) is 48.5 Å². The minimum Gasteiger partial charge on any atom is -0.497 e. The fraction of sp³-hybridized carbons (Fsp3) is 0.318. The highest BCUT2D eigenvalue weighted by molar-refractivity contribution is 5.96. The normalized spacial score (nSPS) is 11.9. The van der Waals surface area contributed by atoms with E-state index in [4.69, 9.17) is 9.47 Å². The number of benzene rings is 2. The molecule has 0 bridgehead atoms. The standard InChI is InChI=1S/C22H27N5O3/c1-15(28)21-22(27(25-24-21)16-10-12-17(29-4)13-11-16)23-14-19(26(2)3)18-8-6-7-9-20(18)30-5/h6-13,19,23H,14H2,1-5H3/t19-/m0/s1. The number of hydrogen-bond acceptors (Lipinski definition) is 7. The lowest BCUT2D eigenvalue weighted by molar-refractivity contribution is 0.101. The van der Waals surface area contributed by atoms with E-state index < -0.39 is 0 Å². The first-order chi connectivity index (χ1) is 14.5. The topological polar surface area (TPSA) is 81.5 Å². The number of aromatic nitrogens is 3. The van der Waals surface area contributed by atoms with E-state index in [2.05, 4.69) is 20.5 Å². The van der Waals surface area contributed by atoms with Crippen molar-refractivity contribution in [3.05, 3.63) is 59.8 Å². The lowest BCUT2D eigenvalue weighted by atomic mass is 10.0. The van der Waals surface area contributed by atoms with Gasteiger partial charge in [0.15, 0.2) is 17.3 Å². The number of rotatable bonds is 9. The van der Waals surface area contributed by atoms with Crippen LogP contribution in [-0.4, -0.2) is 60.5 Å². The van der Waals surface area contributed by atoms with Crippen molar-refractivity contribution in [2.24, 2.45) is 0 Å². The number of anilines is 1. The summed E-state index contributed by atoms with van der Waals surface area (Å²) in [6.45, 7) is 2.01. The van der Waals surface area contributed by atoms with Gasteiger partial charge >= 0.3 is 0 Å². The fourth-order valence-electron chi connectivity index (χ4n) is 3.29. The van der Waals surface area contributed by atoms with Gasteiger partial charge in [0, 0.05) is 19.0 Å². The Kier molecular flexibility index (Phi) is 6.68. The van der Waals surface area contributed by atoms with Crippen molar-refractivity contribution in [3.63, 3.8) is 0 Å². The molecule has 0 spiro atoms. The number of carbonyl (C=O) groups is 1. The first-order valence-corrected chi connectivity index (χ1v) is 9.60. The number of nitrogens with one attached hydrogen (secondary N) is 1. The molecule has 3 aromatic rings. The molecule has 0 saturated heterocycles. The van der Waals surface area contributed by atoms with Crippen LogP contribution in [0.25, 0.3) is 5.69 Å². The maximum Gasteiger partial charge on any atom is 0.183 e. The monoisotopic (exact) mass is 409 g/mol. The van der Waals surface area contributed by atoms with Gasteiger partial charge in [0.1, 0.15) is 11.5 Å². The molecule has 0 saturated carbocycles. The van der Waals surface area contributed by atoms with E-state index in [-0.39, 0.29) is 11.8 Å². The molecule has 8 heteroatoms. The molecule has 0 unspecified atom stereocenters. The largest absolute Gasteiger partial charge is 0.497 e. The third kappa shape index (κ3) is 4.44. The zero-order valence-electron chi connectivity index (χ0n) is 17.9. The molecule has 3 rings (SSSR count). The Bertz CT molecular complexity index is 998. The Morgan fingerprint density at radius 2 is 1.80 bits per heavy atom. The number of Topliss-reactive ketones (excluding diaryl/α,β-unsaturated/α-hetero) is 1. The highest BCUT2D eigenvalue weighted by atomic mass is 16.5. The molecule has 0 radical (unpaired) electrons. The number of nitrogens with zero attached hydrogens (tertiary/aromatic N) is 4. The number of ketones is 1. The van der Waals surface area contributed by atoms with E-state index in [0.717, 1.165) is 22.7 Å². The molecule has 0 fully saturated rings. The summed E-state index contributed by atoms with van der Waals surface area (Å²) in [5, 5.41) is 11.7. The Labute approximate surface area is 176 Å². The number of methoxy groups -OCH3 is 2. The molecule has 0 aliphatic carbocycles. The maximum absolute atomic E-state index is 12.2. The third-order valence-corrected chi connectivity index (χ3v) is 4.90. The molecule has 0 aliphatic rings. The summed E-state index contributed by atoms with van der Waals surface area (Å²) in [7, 11) is 7.29. The highest BCUT2D eigenvalue weighted by Gasteiger charge is 2.22. The summed E-state index contributed by atoms with van der Waals surface area (Å²) >= 11 is 0. The van der Waals surface area contributed by atoms with E-state index in [0.29, 0.717) is 18.1 Å². The second kappa shape index (κ2) is 9.41. The Morgan fingerprint density at radius 1 is 1.10 bits per heavy atom. The quantitative estimate of drug-likeness (QED) is 0.544. The fourth-order valence-corrected chi connectivity index (χ4v) is 3.29. The van der Waals surface area contributed by atoms with Gasteiger partial charge in [-0.3, -0.25) is 4.79 Å². The first kappa shape index (κ1) is 21.3. The number of ether oxygens (including phenoxy) is 2. The molecular formula is C22H27N5O3. The van der Waals surface area contributed by atoms with Gasteiger partial charge in [0.25, 0.3) is 0 Å². The Hall–Kier alpha value is -3.39. The van der Waals surface area contributed by atoms with Gasteiger partial charge in [0.2, 0.25) is 0 Å². The molecule has 1 aromatic heterocycles. The van der Waals surface area contributed by atoms with E-state index in [1.54, 1.807) is 18.9 Å². The summed E-state index contributed by atoms with van der Waals surface area (Å²) in [4.78, 5) is 14.3. The summed E-state index contributed by atoms with van der Waals surface area (Å²) in [6, 6.07) is 15.3. The highest BCUT2D eigenvalue weighted by Crippen LogP contribution is 2.29. The number of carbonyl (C=O) groups excluding carboxylic acids is 1. The van der Waals surface area contributed by atoms with Crippen molar-refractivity contribution in [1.82, 2.24) is 19.9 Å². The van der Waals surface area contributed by atoms with E-state index in [1.165, 1.54) is 6.92 Å². The molecule has 0 aliphatic heterocycles. The average Bonchev–Trinajstić information content (AvgIpc) is 3.18. The van der Waals surface area contributed by atoms with Gasteiger partial charge in [-0.25, -0.2) is 0 Å². The van der Waals surface area contributed by atoms with Crippen molar-refractivity contribution in [2.45, 2.75) is 13.0 Å². The molecule has 1 heterocycles. The van der Waals surface area contributed by atoms with Gasteiger partial charge in [-0.1, -0.05) is 23.4 Å². The molecule has 1 N–H and O–H groups in total. The van der Waals surface area contributed by atoms with Crippen LogP contribution in [-0.2, 0) is 0 Å². The number of para-hydroxylation sites is 1. The lowest BCUT2D eigenvalue weighted by Gasteiger charge is -2.27. The molecule has 2 aromatic carbocycles. The Balaban J connectivity index is 1.94. The van der Waals surface area contributed by atoms with Gasteiger partial charge in [-0.2, -0.15) is 4.68 Å². The molecule has 158 valence electrons. The molecule has 1 atom stereocenters. The van der Waals surface area contributed by atoms with Crippen molar-refractivity contribution >= 4 is 11.6 Å². The van der Waals surface area contributed by atoms with Crippen LogP contribution in [0.5, 0.6) is 11.5 Å². The van der Waals surface area contributed by atoms with Crippen LogP contribution in [0.2, 0.25) is 0 Å². The smallest absolute Gasteiger partial charge is 0.183 e. The van der Waals surface area contributed by atoms with Gasteiger partial charge in [0.05, 0.1) is 25.9 Å². The zero-order chi connectivity index (χ0) is 21.7. The van der Waals surface area contributed by atoms with Gasteiger partial charge in [-0.15, -0.1) is 5.10 Å². The minimum absolute atomic E-state index is 0.000163. The van der Waals surface area contributed by atoms with Crippen LogP contribution >= 0.6 is 0 Å². The van der Waals surface area contributed by atoms with Crippen molar-refractivity contribution in [3.8, 4) is 17.2 Å². The van der Waals surface area contributed by atoms with Crippen LogP contribution in [0.4, 0.5) is 5.82 Å². The molecule has 30 heavy (non-hydrogen) atoms. The molecule has 8 nitrogen and oxygen atoms in total. The second-order valence-corrected chi connectivity index (χ2v) is 7.05. The first-order valence-electron chi connectivity index (χ1n) is 9.60. The van der Waals surface area contributed by atoms with E-state index >= 15 is 0 Å². The maximum atomic E-state index is 12.2. The zero-order valence-corrected chi connectivity index (χ0v) is 17.9. The van der Waals surface area contributed by atoms with Crippen LogP contribution in [0.3, 0.4) is 0 Å². The third-order valence-electron chi connectivity index (χ3n) is 4.90. The van der Waals surface area contributed by atoms with Gasteiger partial charge < -0.3 is 19.7 Å². The molecular weight excluding hydrogens is 382 g/mol. The van der Waals surface area contributed by atoms with Crippen molar-refractivity contribution in [2.75, 3.05) is 40.2 Å². The van der Waals surface area contributed by atoms with E-state index in [9.17, 15) is 4.79 Å². The summed E-state index contributed by atoms with van der Waals surface area (Å²) in [5.74, 6) is 1.95. The number of likely N-dealkylation sites (N-methyl/N-ethyl adjacent to an activating group) is 1. The van der Waals surface area contributed by atoms with Crippen molar-refractivity contribution < 1.29 is 14.3 Å². The SMILES string of the molecule is COc1ccc(-n2nnc(C(C)=O)c2NC[C@@H](c2ccccc2OC)N(C)C)cc1. The minimum atomic E-state index is -0.157. The predicted molar refractivity (Wildman–Crippen MR) is 116 cm³/mol. The second-order valence-electron chi connectivity index (χ2n) is 7.05. The predicted octanol–water partition coefficient (Wildman–Crippen LogP) is 3.20. The van der Waals surface area contributed by atoms with Gasteiger partial charge in [-0.05, 0) is 44.4 Å². The average molecular weight is 409 g/mol. The lowest BCUT2D eigenvalue weighted by Crippen LogP contribution is -2.28. The van der Waals surface area contributed by atoms with Crippen LogP contribution < -0.4 is 14.8 Å². The van der Waals surface area contributed by atoms with E-state index in [1.807, 2.05) is 62.6 Å².